The molecule has 2 aromatic carbocycles. The van der Waals surface area contributed by atoms with Crippen LogP contribution in [0.5, 0.6) is 5.75 Å². The highest BCUT2D eigenvalue weighted by Crippen LogP contribution is 2.18. The first-order valence-corrected chi connectivity index (χ1v) is 7.87. The number of halogens is 1. The summed E-state index contributed by atoms with van der Waals surface area (Å²) in [6.07, 6.45) is 0. The van der Waals surface area contributed by atoms with Gasteiger partial charge in [0.25, 0.3) is 5.91 Å². The van der Waals surface area contributed by atoms with Crippen LogP contribution < -0.4 is 15.4 Å². The summed E-state index contributed by atoms with van der Waals surface area (Å²) in [5, 5.41) is 5.73. The molecule has 1 amide bonds. The average molecular weight is 352 g/mol. The van der Waals surface area contributed by atoms with E-state index in [2.05, 4.69) is 20.6 Å². The van der Waals surface area contributed by atoms with Crippen LogP contribution in [0.1, 0.15) is 16.2 Å². The van der Waals surface area contributed by atoms with Crippen LogP contribution in [0.3, 0.4) is 0 Å². The molecule has 0 spiro atoms. The molecule has 0 atom stereocenters. The van der Waals surface area contributed by atoms with Gasteiger partial charge >= 0.3 is 0 Å². The number of hydrogen-bond donors (Lipinski definition) is 2. The lowest BCUT2D eigenvalue weighted by atomic mass is 10.2. The van der Waals surface area contributed by atoms with E-state index in [0.717, 1.165) is 0 Å². The number of aryl methyl sites for hydroxylation is 1. The monoisotopic (exact) mass is 352 g/mol. The molecule has 1 heterocycles. The molecule has 2 N–H and O–H groups in total. The van der Waals surface area contributed by atoms with Crippen molar-refractivity contribution in [3.63, 3.8) is 0 Å². The van der Waals surface area contributed by atoms with Crippen molar-refractivity contribution in [2.24, 2.45) is 0 Å². The highest BCUT2D eigenvalue weighted by Gasteiger charge is 2.12. The number of benzene rings is 2. The van der Waals surface area contributed by atoms with Gasteiger partial charge in [0.1, 0.15) is 17.3 Å². The van der Waals surface area contributed by atoms with Gasteiger partial charge in [-0.15, -0.1) is 0 Å². The van der Waals surface area contributed by atoms with Crippen LogP contribution in [0.2, 0.25) is 0 Å². The molecule has 0 aliphatic heterocycles. The molecule has 3 aromatic rings. The summed E-state index contributed by atoms with van der Waals surface area (Å²) in [5.41, 5.74) is 2.06. The molecular weight excluding hydrogens is 335 g/mol. The molecule has 26 heavy (non-hydrogen) atoms. The number of aromatic nitrogens is 2. The van der Waals surface area contributed by atoms with Gasteiger partial charge in [0.2, 0.25) is 5.95 Å². The normalized spacial score (nSPS) is 10.3. The zero-order valence-electron chi connectivity index (χ0n) is 14.3. The summed E-state index contributed by atoms with van der Waals surface area (Å²) in [6, 6.07) is 14.4. The predicted molar refractivity (Wildman–Crippen MR) is 97.4 cm³/mol. The summed E-state index contributed by atoms with van der Waals surface area (Å²) < 4.78 is 18.1. The molecule has 0 saturated heterocycles. The number of carbonyl (C=O) groups excluding carboxylic acids is 1. The van der Waals surface area contributed by atoms with Gasteiger partial charge in [0.15, 0.2) is 0 Å². The number of ether oxygens (including phenoxy) is 1. The van der Waals surface area contributed by atoms with Gasteiger partial charge in [-0.25, -0.2) is 14.4 Å². The third kappa shape index (κ3) is 4.32. The maximum absolute atomic E-state index is 13.0. The van der Waals surface area contributed by atoms with Crippen molar-refractivity contribution in [3.8, 4) is 5.75 Å². The Hall–Kier alpha value is -3.48. The zero-order valence-corrected chi connectivity index (χ0v) is 14.3. The van der Waals surface area contributed by atoms with Gasteiger partial charge in [-0.2, -0.15) is 0 Å². The fourth-order valence-electron chi connectivity index (χ4n) is 2.30. The van der Waals surface area contributed by atoms with Gasteiger partial charge in [0.05, 0.1) is 7.11 Å². The summed E-state index contributed by atoms with van der Waals surface area (Å²) in [7, 11) is 1.56. The maximum Gasteiger partial charge on any atom is 0.274 e. The van der Waals surface area contributed by atoms with E-state index in [0.29, 0.717) is 22.8 Å². The number of rotatable bonds is 5. The lowest BCUT2D eigenvalue weighted by Gasteiger charge is -2.09. The van der Waals surface area contributed by atoms with Crippen LogP contribution in [-0.2, 0) is 0 Å². The number of anilines is 3. The van der Waals surface area contributed by atoms with E-state index in [1.54, 1.807) is 56.5 Å². The molecule has 0 aliphatic carbocycles. The van der Waals surface area contributed by atoms with Gasteiger partial charge in [0, 0.05) is 23.1 Å². The second kappa shape index (κ2) is 7.60. The van der Waals surface area contributed by atoms with Crippen LogP contribution in [0.15, 0.2) is 54.6 Å². The Morgan fingerprint density at radius 2 is 1.81 bits per heavy atom. The number of nitrogens with zero attached hydrogens (tertiary/aromatic N) is 2. The fraction of sp³-hybridized carbons (Fsp3) is 0.105. The number of methoxy groups -OCH3 is 1. The van der Waals surface area contributed by atoms with Crippen molar-refractivity contribution in [1.82, 2.24) is 9.97 Å². The first-order valence-electron chi connectivity index (χ1n) is 7.87. The zero-order chi connectivity index (χ0) is 18.5. The first-order chi connectivity index (χ1) is 12.5. The van der Waals surface area contributed by atoms with Crippen LogP contribution >= 0.6 is 0 Å². The van der Waals surface area contributed by atoms with Crippen molar-refractivity contribution in [1.29, 1.82) is 0 Å². The Kier molecular flexibility index (Phi) is 5.07. The predicted octanol–water partition coefficient (Wildman–Crippen LogP) is 3.93. The Morgan fingerprint density at radius 3 is 2.54 bits per heavy atom. The van der Waals surface area contributed by atoms with Crippen molar-refractivity contribution in [2.75, 3.05) is 17.7 Å². The van der Waals surface area contributed by atoms with Crippen LogP contribution in [0.25, 0.3) is 0 Å². The van der Waals surface area contributed by atoms with Crippen LogP contribution in [0, 0.1) is 12.7 Å². The van der Waals surface area contributed by atoms with Crippen molar-refractivity contribution in [3.05, 3.63) is 71.8 Å². The van der Waals surface area contributed by atoms with E-state index in [-0.39, 0.29) is 23.4 Å². The Balaban J connectivity index is 1.79. The summed E-state index contributed by atoms with van der Waals surface area (Å²) in [5.74, 6) is 0.192. The van der Waals surface area contributed by atoms with E-state index < -0.39 is 0 Å². The Bertz CT molecular complexity index is 929. The molecular formula is C19H17FN4O2. The number of amides is 1. The fourth-order valence-corrected chi connectivity index (χ4v) is 2.30. The molecule has 0 aliphatic rings. The van der Waals surface area contributed by atoms with E-state index in [9.17, 15) is 9.18 Å². The quantitative estimate of drug-likeness (QED) is 0.728. The molecule has 3 rings (SSSR count). The van der Waals surface area contributed by atoms with Crippen LogP contribution in [0.4, 0.5) is 21.7 Å². The minimum absolute atomic E-state index is 0.213. The smallest absolute Gasteiger partial charge is 0.274 e. The van der Waals surface area contributed by atoms with Crippen molar-refractivity contribution < 1.29 is 13.9 Å². The van der Waals surface area contributed by atoms with Crippen molar-refractivity contribution in [2.45, 2.75) is 6.92 Å². The van der Waals surface area contributed by atoms with Gasteiger partial charge in [-0.3, -0.25) is 4.79 Å². The third-order valence-electron chi connectivity index (χ3n) is 3.51. The summed E-state index contributed by atoms with van der Waals surface area (Å²) >= 11 is 0. The number of carbonyl (C=O) groups is 1. The van der Waals surface area contributed by atoms with Gasteiger partial charge < -0.3 is 15.4 Å². The highest BCUT2D eigenvalue weighted by molar-refractivity contribution is 6.03. The Labute approximate surface area is 150 Å². The second-order valence-electron chi connectivity index (χ2n) is 5.54. The van der Waals surface area contributed by atoms with Crippen LogP contribution in [-0.4, -0.2) is 23.0 Å². The highest BCUT2D eigenvalue weighted by atomic mass is 19.1. The second-order valence-corrected chi connectivity index (χ2v) is 5.54. The average Bonchev–Trinajstić information content (AvgIpc) is 2.63. The molecule has 0 fully saturated rings. The largest absolute Gasteiger partial charge is 0.497 e. The van der Waals surface area contributed by atoms with Crippen molar-refractivity contribution >= 4 is 23.2 Å². The minimum Gasteiger partial charge on any atom is -0.497 e. The molecule has 7 heteroatoms. The molecule has 6 nitrogen and oxygen atoms in total. The number of hydrogen-bond acceptors (Lipinski definition) is 5. The summed E-state index contributed by atoms with van der Waals surface area (Å²) in [6.45, 7) is 1.76. The topological polar surface area (TPSA) is 76.1 Å². The molecule has 0 radical (unpaired) electrons. The standard InChI is InChI=1S/C19H17FN4O2/c1-12-10-17(18(25)22-15-4-3-5-16(11-15)26-2)24-19(21-12)23-14-8-6-13(20)7-9-14/h3-11H,1-2H3,(H,22,25)(H,21,23,24). The third-order valence-corrected chi connectivity index (χ3v) is 3.51. The molecule has 1 aromatic heterocycles. The van der Waals surface area contributed by atoms with E-state index in [1.807, 2.05) is 0 Å². The molecule has 0 unspecified atom stereocenters. The van der Waals surface area contributed by atoms with E-state index in [1.165, 1.54) is 12.1 Å². The SMILES string of the molecule is COc1cccc(NC(=O)c2cc(C)nc(Nc3ccc(F)cc3)n2)c1. The summed E-state index contributed by atoms with van der Waals surface area (Å²) in [4.78, 5) is 21.0. The molecule has 0 bridgehead atoms. The van der Waals surface area contributed by atoms with E-state index >= 15 is 0 Å². The first kappa shape index (κ1) is 17.3. The van der Waals surface area contributed by atoms with E-state index in [4.69, 9.17) is 4.74 Å². The molecule has 0 saturated carbocycles. The maximum atomic E-state index is 13.0. The van der Waals surface area contributed by atoms with Gasteiger partial charge in [-0.1, -0.05) is 6.07 Å². The lowest BCUT2D eigenvalue weighted by Crippen LogP contribution is -2.15. The number of nitrogens with one attached hydrogen (secondary N) is 2. The van der Waals surface area contributed by atoms with Gasteiger partial charge in [-0.05, 0) is 49.4 Å². The minimum atomic E-state index is -0.370. The molecule has 132 valence electrons. The lowest BCUT2D eigenvalue weighted by molar-refractivity contribution is 0.102. The Morgan fingerprint density at radius 1 is 1.04 bits per heavy atom.